The summed E-state index contributed by atoms with van der Waals surface area (Å²) in [7, 11) is 0. The normalized spacial score (nSPS) is 11.5. The van der Waals surface area contributed by atoms with E-state index in [1.165, 1.54) is 65.3 Å². The van der Waals surface area contributed by atoms with E-state index in [9.17, 15) is 0 Å². The Morgan fingerprint density at radius 3 is 1.12 bits per heavy atom. The highest BCUT2D eigenvalue weighted by Gasteiger charge is 2.09. The molecule has 0 spiro atoms. The van der Waals surface area contributed by atoms with Crippen molar-refractivity contribution in [2.24, 2.45) is 0 Å². The maximum Gasteiger partial charge on any atom is -0.00990 e. The predicted molar refractivity (Wildman–Crippen MR) is 147 cm³/mol. The summed E-state index contributed by atoms with van der Waals surface area (Å²) in [4.78, 5) is 0. The number of hydrogen-bond acceptors (Lipinski definition) is 0. The van der Waals surface area contributed by atoms with Gasteiger partial charge in [-0.1, -0.05) is 133 Å². The van der Waals surface area contributed by atoms with Gasteiger partial charge in [-0.15, -0.1) is 0 Å². The molecule has 34 heavy (non-hydrogen) atoms. The van der Waals surface area contributed by atoms with Crippen LogP contribution in [0.4, 0.5) is 0 Å². The largest absolute Gasteiger partial charge is 0.0616 e. The second-order valence-electron chi connectivity index (χ2n) is 8.95. The fourth-order valence-corrected chi connectivity index (χ4v) is 5.41. The van der Waals surface area contributed by atoms with Crippen LogP contribution >= 0.6 is 0 Å². The molecular weight excluding hydrogens is 408 g/mol. The number of hydrogen-bond donors (Lipinski definition) is 0. The molecule has 0 radical (unpaired) electrons. The van der Waals surface area contributed by atoms with Crippen LogP contribution in [0.15, 0.2) is 133 Å². The summed E-state index contributed by atoms with van der Waals surface area (Å²) in [5.74, 6) is 0. The molecule has 0 aromatic heterocycles. The fourth-order valence-electron chi connectivity index (χ4n) is 5.41. The van der Waals surface area contributed by atoms with Gasteiger partial charge < -0.3 is 0 Å². The van der Waals surface area contributed by atoms with Gasteiger partial charge in [0.2, 0.25) is 0 Å². The first-order valence-corrected chi connectivity index (χ1v) is 11.8. The summed E-state index contributed by atoms with van der Waals surface area (Å²) in [5, 5.41) is 10.4. The van der Waals surface area contributed by atoms with Gasteiger partial charge in [-0.25, -0.2) is 0 Å². The highest BCUT2D eigenvalue weighted by molar-refractivity contribution is 6.13. The van der Waals surface area contributed by atoms with Crippen molar-refractivity contribution in [1.82, 2.24) is 0 Å². The quantitative estimate of drug-likeness (QED) is 0.239. The van der Waals surface area contributed by atoms with Crippen molar-refractivity contribution in [1.29, 1.82) is 0 Å². The monoisotopic (exact) mass is 430 g/mol. The SMILES string of the molecule is c1ccc2c(c1)ccc1c(-c3ccc(-c4cccc5c4ccc4ccccc45)cc3)cccc12. The van der Waals surface area contributed by atoms with Crippen LogP contribution < -0.4 is 0 Å². The Balaban J connectivity index is 1.37. The summed E-state index contributed by atoms with van der Waals surface area (Å²) in [5.41, 5.74) is 5.04. The van der Waals surface area contributed by atoms with Crippen molar-refractivity contribution in [2.75, 3.05) is 0 Å². The van der Waals surface area contributed by atoms with Gasteiger partial charge in [0, 0.05) is 0 Å². The molecule has 0 N–H and O–H groups in total. The van der Waals surface area contributed by atoms with E-state index in [1.807, 2.05) is 0 Å². The van der Waals surface area contributed by atoms with Crippen molar-refractivity contribution in [2.45, 2.75) is 0 Å². The van der Waals surface area contributed by atoms with Crippen LogP contribution in [0.3, 0.4) is 0 Å². The third-order valence-corrected chi connectivity index (χ3v) is 7.08. The fraction of sp³-hybridized carbons (Fsp3) is 0. The zero-order valence-corrected chi connectivity index (χ0v) is 18.7. The first-order chi connectivity index (χ1) is 16.9. The van der Waals surface area contributed by atoms with Gasteiger partial charge in [-0.2, -0.15) is 0 Å². The highest BCUT2D eigenvalue weighted by atomic mass is 14.1. The van der Waals surface area contributed by atoms with Crippen LogP contribution in [0.5, 0.6) is 0 Å². The van der Waals surface area contributed by atoms with Gasteiger partial charge in [-0.3, -0.25) is 0 Å². The number of rotatable bonds is 2. The van der Waals surface area contributed by atoms with Crippen molar-refractivity contribution in [3.63, 3.8) is 0 Å². The Bertz CT molecular complexity index is 1700. The summed E-state index contributed by atoms with van der Waals surface area (Å²) in [6.45, 7) is 0. The number of fused-ring (bicyclic) bond motifs is 6. The molecule has 0 aliphatic rings. The Kier molecular flexibility index (Phi) is 4.25. The minimum absolute atomic E-state index is 1.25. The van der Waals surface area contributed by atoms with Crippen LogP contribution in [-0.4, -0.2) is 0 Å². The van der Waals surface area contributed by atoms with Gasteiger partial charge >= 0.3 is 0 Å². The molecule has 0 amide bonds. The van der Waals surface area contributed by atoms with Crippen LogP contribution in [0, 0.1) is 0 Å². The van der Waals surface area contributed by atoms with Crippen molar-refractivity contribution >= 4 is 43.1 Å². The molecule has 0 heterocycles. The van der Waals surface area contributed by atoms with E-state index < -0.39 is 0 Å². The first kappa shape index (κ1) is 19.1. The van der Waals surface area contributed by atoms with Gasteiger partial charge in [0.1, 0.15) is 0 Å². The van der Waals surface area contributed by atoms with Crippen LogP contribution in [-0.2, 0) is 0 Å². The van der Waals surface area contributed by atoms with Gasteiger partial charge in [-0.05, 0) is 65.3 Å². The van der Waals surface area contributed by atoms with Gasteiger partial charge in [0.05, 0.1) is 0 Å². The topological polar surface area (TPSA) is 0 Å². The molecule has 0 fully saturated rings. The first-order valence-electron chi connectivity index (χ1n) is 11.8. The average molecular weight is 431 g/mol. The predicted octanol–water partition coefficient (Wildman–Crippen LogP) is 9.63. The maximum absolute atomic E-state index is 2.26. The maximum atomic E-state index is 2.26. The van der Waals surface area contributed by atoms with E-state index in [0.717, 1.165) is 0 Å². The Morgan fingerprint density at radius 1 is 0.235 bits per heavy atom. The molecule has 0 unspecified atom stereocenters. The molecule has 0 aliphatic heterocycles. The molecule has 0 atom stereocenters. The van der Waals surface area contributed by atoms with E-state index in [-0.39, 0.29) is 0 Å². The summed E-state index contributed by atoms with van der Waals surface area (Å²) in [6.07, 6.45) is 0. The van der Waals surface area contributed by atoms with E-state index in [1.54, 1.807) is 0 Å². The molecule has 0 saturated carbocycles. The second kappa shape index (κ2) is 7.57. The minimum Gasteiger partial charge on any atom is -0.0616 e. The zero-order chi connectivity index (χ0) is 22.5. The zero-order valence-electron chi connectivity index (χ0n) is 18.7. The standard InChI is InChI=1S/C34H22/c1-3-9-27-23(7-1)19-21-33-29(11-5-13-31(27)33)25-15-17-26(18-16-25)30-12-6-14-32-28-10-4-2-8-24(28)20-22-34(30)32/h1-22H. The van der Waals surface area contributed by atoms with Crippen LogP contribution in [0.2, 0.25) is 0 Å². The lowest BCUT2D eigenvalue weighted by Crippen LogP contribution is -1.86. The summed E-state index contributed by atoms with van der Waals surface area (Å²) in [6, 6.07) is 48.6. The van der Waals surface area contributed by atoms with Crippen LogP contribution in [0.25, 0.3) is 65.3 Å². The molecule has 0 aliphatic carbocycles. The number of benzene rings is 7. The van der Waals surface area contributed by atoms with E-state index >= 15 is 0 Å². The third kappa shape index (κ3) is 2.93. The third-order valence-electron chi connectivity index (χ3n) is 7.08. The Labute approximate surface area is 198 Å². The summed E-state index contributed by atoms with van der Waals surface area (Å²) >= 11 is 0. The van der Waals surface area contributed by atoms with E-state index in [4.69, 9.17) is 0 Å². The summed E-state index contributed by atoms with van der Waals surface area (Å²) < 4.78 is 0. The second-order valence-corrected chi connectivity index (χ2v) is 8.95. The lowest BCUT2D eigenvalue weighted by molar-refractivity contribution is 1.63. The Hall–Kier alpha value is -4.42. The van der Waals surface area contributed by atoms with Gasteiger partial charge in [0.25, 0.3) is 0 Å². The lowest BCUT2D eigenvalue weighted by Gasteiger charge is -2.12. The minimum atomic E-state index is 1.25. The van der Waals surface area contributed by atoms with Crippen molar-refractivity contribution in [3.8, 4) is 22.3 Å². The van der Waals surface area contributed by atoms with Crippen molar-refractivity contribution < 1.29 is 0 Å². The molecule has 158 valence electrons. The average Bonchev–Trinajstić information content (AvgIpc) is 2.92. The van der Waals surface area contributed by atoms with E-state index in [2.05, 4.69) is 133 Å². The smallest absolute Gasteiger partial charge is 0.00990 e. The highest BCUT2D eigenvalue weighted by Crippen LogP contribution is 2.36. The molecule has 7 rings (SSSR count). The molecule has 0 bridgehead atoms. The molecule has 0 saturated heterocycles. The molecule has 7 aromatic carbocycles. The lowest BCUT2D eigenvalue weighted by atomic mass is 9.92. The van der Waals surface area contributed by atoms with Gasteiger partial charge in [0.15, 0.2) is 0 Å². The molecular formula is C34H22. The Morgan fingerprint density at radius 2 is 0.647 bits per heavy atom. The van der Waals surface area contributed by atoms with Crippen LogP contribution in [0.1, 0.15) is 0 Å². The molecule has 7 aromatic rings. The molecule has 0 heteroatoms. The van der Waals surface area contributed by atoms with Crippen molar-refractivity contribution in [3.05, 3.63) is 133 Å². The molecule has 0 nitrogen and oxygen atoms in total. The van der Waals surface area contributed by atoms with E-state index in [0.29, 0.717) is 0 Å².